The summed E-state index contributed by atoms with van der Waals surface area (Å²) in [6.07, 6.45) is 1.07. The molecule has 0 saturated carbocycles. The van der Waals surface area contributed by atoms with E-state index in [1.54, 1.807) is 0 Å². The molecule has 1 aromatic carbocycles. The fraction of sp³-hybridized carbons (Fsp3) is 0.444. The van der Waals surface area contributed by atoms with Gasteiger partial charge in [-0.1, -0.05) is 32.0 Å². The first kappa shape index (κ1) is 15.5. The van der Waals surface area contributed by atoms with E-state index in [1.807, 2.05) is 45.9 Å². The zero-order chi connectivity index (χ0) is 15.8. The molecule has 112 valence electrons. The van der Waals surface area contributed by atoms with Gasteiger partial charge in [-0.15, -0.1) is 0 Å². The van der Waals surface area contributed by atoms with Crippen LogP contribution in [0, 0.1) is 19.3 Å². The van der Waals surface area contributed by atoms with Gasteiger partial charge in [0.1, 0.15) is 5.76 Å². The summed E-state index contributed by atoms with van der Waals surface area (Å²) in [6.45, 7) is 9.46. The third kappa shape index (κ3) is 3.41. The van der Waals surface area contributed by atoms with E-state index in [1.165, 1.54) is 12.5 Å². The van der Waals surface area contributed by atoms with Gasteiger partial charge in [0.05, 0.1) is 5.57 Å². The van der Waals surface area contributed by atoms with E-state index in [0.717, 1.165) is 11.1 Å². The average molecular weight is 286 g/mol. The molecule has 2 rings (SSSR count). The van der Waals surface area contributed by atoms with Crippen molar-refractivity contribution in [2.45, 2.75) is 47.5 Å². The molecule has 0 heterocycles. The minimum atomic E-state index is -0.378. The van der Waals surface area contributed by atoms with Gasteiger partial charge in [-0.2, -0.15) is 0 Å². The number of aryl methyl sites for hydroxylation is 2. The molecule has 0 N–H and O–H groups in total. The van der Waals surface area contributed by atoms with Crippen molar-refractivity contribution in [3.8, 4) is 0 Å². The lowest BCUT2D eigenvalue weighted by molar-refractivity contribution is -0.137. The number of Topliss-reactive ketones (excluding diaryl/α,β-unsaturated/α-hetero) is 1. The summed E-state index contributed by atoms with van der Waals surface area (Å²) >= 11 is 0. The molecule has 1 aromatic rings. The average Bonchev–Trinajstić information content (AvgIpc) is 2.30. The van der Waals surface area contributed by atoms with E-state index in [0.29, 0.717) is 24.2 Å². The molecule has 0 radical (unpaired) electrons. The number of rotatable bonds is 2. The molecule has 0 amide bonds. The van der Waals surface area contributed by atoms with Crippen LogP contribution in [0.1, 0.15) is 50.3 Å². The van der Waals surface area contributed by atoms with Crippen LogP contribution in [-0.4, -0.2) is 11.8 Å². The second kappa shape index (κ2) is 5.47. The number of ether oxygens (including phenoxy) is 1. The summed E-state index contributed by atoms with van der Waals surface area (Å²) in [5.74, 6) is 0.176. The van der Waals surface area contributed by atoms with Crippen LogP contribution in [0.2, 0.25) is 0 Å². The van der Waals surface area contributed by atoms with Crippen LogP contribution in [0.3, 0.4) is 0 Å². The summed E-state index contributed by atoms with van der Waals surface area (Å²) in [6, 6.07) is 5.91. The molecule has 3 nitrogen and oxygen atoms in total. The maximum atomic E-state index is 12.5. The third-order valence-electron chi connectivity index (χ3n) is 3.90. The Morgan fingerprint density at radius 3 is 2.38 bits per heavy atom. The minimum absolute atomic E-state index is 0.0470. The number of carbonyl (C=O) groups is 2. The first-order valence-electron chi connectivity index (χ1n) is 7.22. The number of allylic oxidation sites excluding steroid dienone is 2. The first-order valence-corrected chi connectivity index (χ1v) is 7.22. The molecule has 0 aromatic heterocycles. The van der Waals surface area contributed by atoms with Crippen molar-refractivity contribution in [2.75, 3.05) is 0 Å². The SMILES string of the molecule is CC(=O)OC1=C(c2ccc(C)c(C)c2)C(=O)CC(C)(C)C1. The number of hydrogen-bond donors (Lipinski definition) is 0. The van der Waals surface area contributed by atoms with Crippen LogP contribution >= 0.6 is 0 Å². The second-order valence-electron chi connectivity index (χ2n) is 6.63. The molecular formula is C18H22O3. The number of carbonyl (C=O) groups excluding carboxylic acids is 2. The Kier molecular flexibility index (Phi) is 4.04. The number of esters is 1. The van der Waals surface area contributed by atoms with Gasteiger partial charge in [-0.25, -0.2) is 0 Å². The van der Waals surface area contributed by atoms with Gasteiger partial charge >= 0.3 is 5.97 Å². The van der Waals surface area contributed by atoms with Gasteiger partial charge < -0.3 is 4.74 Å². The zero-order valence-corrected chi connectivity index (χ0v) is 13.4. The molecule has 0 aliphatic heterocycles. The van der Waals surface area contributed by atoms with Gasteiger partial charge in [-0.3, -0.25) is 9.59 Å². The Morgan fingerprint density at radius 1 is 1.14 bits per heavy atom. The highest BCUT2D eigenvalue weighted by atomic mass is 16.5. The van der Waals surface area contributed by atoms with Crippen molar-refractivity contribution in [2.24, 2.45) is 5.41 Å². The Labute approximate surface area is 126 Å². The normalized spacial score (nSPS) is 17.9. The zero-order valence-electron chi connectivity index (χ0n) is 13.4. The first-order chi connectivity index (χ1) is 9.69. The summed E-state index contributed by atoms with van der Waals surface area (Å²) in [7, 11) is 0. The summed E-state index contributed by atoms with van der Waals surface area (Å²) in [4.78, 5) is 23.9. The fourth-order valence-corrected chi connectivity index (χ4v) is 2.74. The molecule has 0 unspecified atom stereocenters. The summed E-state index contributed by atoms with van der Waals surface area (Å²) in [5, 5.41) is 0. The molecule has 1 aliphatic rings. The van der Waals surface area contributed by atoms with Crippen LogP contribution < -0.4 is 0 Å². The highest BCUT2D eigenvalue weighted by Crippen LogP contribution is 2.41. The van der Waals surface area contributed by atoms with E-state index in [-0.39, 0.29) is 17.2 Å². The van der Waals surface area contributed by atoms with Crippen LogP contribution in [-0.2, 0) is 14.3 Å². The van der Waals surface area contributed by atoms with Crippen molar-refractivity contribution in [1.29, 1.82) is 0 Å². The van der Waals surface area contributed by atoms with E-state index in [2.05, 4.69) is 0 Å². The van der Waals surface area contributed by atoms with E-state index in [4.69, 9.17) is 4.74 Å². The molecule has 1 aliphatic carbocycles. The molecular weight excluding hydrogens is 264 g/mol. The van der Waals surface area contributed by atoms with E-state index >= 15 is 0 Å². The Balaban J connectivity index is 2.57. The van der Waals surface area contributed by atoms with Crippen LogP contribution in [0.5, 0.6) is 0 Å². The highest BCUT2D eigenvalue weighted by molar-refractivity contribution is 6.22. The van der Waals surface area contributed by atoms with Crippen LogP contribution in [0.4, 0.5) is 0 Å². The molecule has 0 saturated heterocycles. The monoisotopic (exact) mass is 286 g/mol. The van der Waals surface area contributed by atoms with Crippen LogP contribution in [0.15, 0.2) is 24.0 Å². The van der Waals surface area contributed by atoms with Crippen molar-refractivity contribution >= 4 is 17.3 Å². The lowest BCUT2D eigenvalue weighted by Crippen LogP contribution is -2.26. The molecule has 0 fully saturated rings. The second-order valence-corrected chi connectivity index (χ2v) is 6.63. The van der Waals surface area contributed by atoms with E-state index < -0.39 is 0 Å². The predicted octanol–water partition coefficient (Wildman–Crippen LogP) is 3.97. The van der Waals surface area contributed by atoms with Gasteiger partial charge in [0.2, 0.25) is 0 Å². The smallest absolute Gasteiger partial charge is 0.307 e. The molecule has 0 spiro atoms. The van der Waals surface area contributed by atoms with Crippen molar-refractivity contribution < 1.29 is 14.3 Å². The number of benzene rings is 1. The highest BCUT2D eigenvalue weighted by Gasteiger charge is 2.35. The predicted molar refractivity (Wildman–Crippen MR) is 82.6 cm³/mol. The Bertz CT molecular complexity index is 636. The van der Waals surface area contributed by atoms with Crippen LogP contribution in [0.25, 0.3) is 5.57 Å². The van der Waals surface area contributed by atoms with E-state index in [9.17, 15) is 9.59 Å². The Hall–Kier alpha value is -1.90. The molecule has 21 heavy (non-hydrogen) atoms. The topological polar surface area (TPSA) is 43.4 Å². The summed E-state index contributed by atoms with van der Waals surface area (Å²) in [5.41, 5.74) is 3.53. The summed E-state index contributed by atoms with van der Waals surface area (Å²) < 4.78 is 5.35. The maximum Gasteiger partial charge on any atom is 0.307 e. The van der Waals surface area contributed by atoms with Gasteiger partial charge in [0, 0.05) is 19.8 Å². The van der Waals surface area contributed by atoms with Gasteiger partial charge in [0.25, 0.3) is 0 Å². The number of hydrogen-bond acceptors (Lipinski definition) is 3. The van der Waals surface area contributed by atoms with Crippen molar-refractivity contribution in [3.63, 3.8) is 0 Å². The lowest BCUT2D eigenvalue weighted by atomic mass is 9.75. The maximum absolute atomic E-state index is 12.5. The Morgan fingerprint density at radius 2 is 1.81 bits per heavy atom. The number of ketones is 1. The fourth-order valence-electron chi connectivity index (χ4n) is 2.74. The third-order valence-corrected chi connectivity index (χ3v) is 3.90. The van der Waals surface area contributed by atoms with Crippen molar-refractivity contribution in [1.82, 2.24) is 0 Å². The molecule has 3 heteroatoms. The molecule has 0 atom stereocenters. The van der Waals surface area contributed by atoms with Crippen molar-refractivity contribution in [3.05, 3.63) is 40.6 Å². The lowest BCUT2D eigenvalue weighted by Gasteiger charge is -2.31. The standard InChI is InChI=1S/C18H22O3/c1-11-6-7-14(8-12(11)2)17-15(20)9-18(4,5)10-16(17)21-13(3)19/h6-8H,9-10H2,1-5H3. The van der Waals surface area contributed by atoms with Gasteiger partial charge in [0.15, 0.2) is 5.78 Å². The minimum Gasteiger partial charge on any atom is -0.430 e. The molecule has 0 bridgehead atoms. The quantitative estimate of drug-likeness (QED) is 0.773. The largest absolute Gasteiger partial charge is 0.430 e. The van der Waals surface area contributed by atoms with Gasteiger partial charge in [-0.05, 0) is 36.0 Å².